The topological polar surface area (TPSA) is 66.9 Å². The molecule has 18 heavy (non-hydrogen) atoms. The number of carbonyl (C=O) groups excluding carboxylic acids is 1. The maximum absolute atomic E-state index is 12.5. The second-order valence-corrected chi connectivity index (χ2v) is 3.53. The molecule has 0 unspecified atom stereocenters. The van der Waals surface area contributed by atoms with E-state index in [0.29, 0.717) is 0 Å². The van der Waals surface area contributed by atoms with Crippen LogP contribution in [-0.4, -0.2) is 5.91 Å². The van der Waals surface area contributed by atoms with Gasteiger partial charge in [-0.25, -0.2) is 0 Å². The first-order valence-electron chi connectivity index (χ1n) is 4.90. The first kappa shape index (κ1) is 13.8. The van der Waals surface area contributed by atoms with Gasteiger partial charge < -0.3 is 5.73 Å². The summed E-state index contributed by atoms with van der Waals surface area (Å²) in [5.74, 6) is -0.585. The highest BCUT2D eigenvalue weighted by Gasteiger charge is 2.30. The van der Waals surface area contributed by atoms with Crippen LogP contribution in [0, 0.1) is 11.3 Å². The molecule has 0 aliphatic rings. The van der Waals surface area contributed by atoms with Crippen LogP contribution in [0.3, 0.4) is 0 Å². The second-order valence-electron chi connectivity index (χ2n) is 3.53. The summed E-state index contributed by atoms with van der Waals surface area (Å²) in [5.41, 5.74) is 4.09. The van der Waals surface area contributed by atoms with Gasteiger partial charge in [0.25, 0.3) is 0 Å². The van der Waals surface area contributed by atoms with Gasteiger partial charge in [0.15, 0.2) is 0 Å². The van der Waals surface area contributed by atoms with Crippen LogP contribution in [0.2, 0.25) is 0 Å². The first-order chi connectivity index (χ1) is 8.32. The summed E-state index contributed by atoms with van der Waals surface area (Å²) in [7, 11) is 0. The molecule has 0 saturated carbocycles. The Kier molecular flexibility index (Phi) is 4.10. The van der Waals surface area contributed by atoms with Crippen molar-refractivity contribution >= 4 is 12.0 Å². The Labute approximate surface area is 101 Å². The van der Waals surface area contributed by atoms with E-state index in [4.69, 9.17) is 11.0 Å². The van der Waals surface area contributed by atoms with Crippen LogP contribution in [-0.2, 0) is 11.0 Å². The predicted molar refractivity (Wildman–Crippen MR) is 59.0 cm³/mol. The smallest absolute Gasteiger partial charge is 0.369 e. The predicted octanol–water partition coefficient (Wildman–Crippen LogP) is 2.47. The number of nitrogens with two attached hydrogens (primary N) is 1. The quantitative estimate of drug-likeness (QED) is 0.900. The highest BCUT2D eigenvalue weighted by atomic mass is 19.4. The zero-order valence-electron chi connectivity index (χ0n) is 9.16. The number of benzene rings is 1. The zero-order chi connectivity index (χ0) is 13.8. The van der Waals surface area contributed by atoms with E-state index >= 15 is 0 Å². The molecule has 0 atom stereocenters. The summed E-state index contributed by atoms with van der Waals surface area (Å²) in [6, 6.07) is 4.62. The number of hydrogen-bond donors (Lipinski definition) is 1. The molecule has 1 rings (SSSR count). The minimum absolute atomic E-state index is 0.0713. The lowest BCUT2D eigenvalue weighted by Crippen LogP contribution is -2.08. The fourth-order valence-electron chi connectivity index (χ4n) is 1.29. The Balaban J connectivity index is 3.10. The van der Waals surface area contributed by atoms with Crippen molar-refractivity contribution in [1.29, 1.82) is 5.26 Å². The molecule has 0 aromatic heterocycles. The average molecular weight is 254 g/mol. The zero-order valence-corrected chi connectivity index (χ0v) is 9.16. The Morgan fingerprint density at radius 2 is 2.06 bits per heavy atom. The van der Waals surface area contributed by atoms with Gasteiger partial charge in [-0.1, -0.05) is 12.2 Å². The van der Waals surface area contributed by atoms with Crippen molar-refractivity contribution in [2.75, 3.05) is 0 Å². The van der Waals surface area contributed by atoms with Crippen molar-refractivity contribution < 1.29 is 18.0 Å². The first-order valence-corrected chi connectivity index (χ1v) is 4.90. The number of alkyl halides is 3. The highest BCUT2D eigenvalue weighted by molar-refractivity contribution is 5.76. The average Bonchev–Trinajstić information content (AvgIpc) is 2.27. The van der Waals surface area contributed by atoms with Crippen LogP contribution in [0.15, 0.2) is 24.3 Å². The molecular formula is C12H9F3N2O. The molecule has 0 aliphatic heterocycles. The molecule has 3 nitrogen and oxygen atoms in total. The molecule has 6 heteroatoms. The Hall–Kier alpha value is -2.29. The van der Waals surface area contributed by atoms with Gasteiger partial charge in [-0.2, -0.15) is 18.4 Å². The van der Waals surface area contributed by atoms with Crippen molar-refractivity contribution in [3.63, 3.8) is 0 Å². The Bertz CT molecular complexity index is 527. The molecule has 94 valence electrons. The van der Waals surface area contributed by atoms with Crippen LogP contribution in [0.5, 0.6) is 0 Å². The van der Waals surface area contributed by atoms with Gasteiger partial charge in [-0.05, 0) is 23.8 Å². The molecule has 0 spiro atoms. The van der Waals surface area contributed by atoms with E-state index in [9.17, 15) is 18.0 Å². The number of rotatable bonds is 3. The van der Waals surface area contributed by atoms with E-state index in [0.717, 1.165) is 12.1 Å². The summed E-state index contributed by atoms with van der Waals surface area (Å²) in [6.07, 6.45) is -1.92. The SMILES string of the molecule is N#Cc1cc(C=CCC(N)=O)cc(C(F)(F)F)c1. The van der Waals surface area contributed by atoms with Crippen LogP contribution in [0.1, 0.15) is 23.1 Å². The van der Waals surface area contributed by atoms with Gasteiger partial charge in [0.05, 0.1) is 17.2 Å². The Morgan fingerprint density at radius 1 is 1.39 bits per heavy atom. The van der Waals surface area contributed by atoms with Crippen molar-refractivity contribution in [1.82, 2.24) is 0 Å². The van der Waals surface area contributed by atoms with Crippen LogP contribution in [0.25, 0.3) is 6.08 Å². The lowest BCUT2D eigenvalue weighted by atomic mass is 10.1. The normalized spacial score (nSPS) is 11.4. The van der Waals surface area contributed by atoms with Gasteiger partial charge in [-0.15, -0.1) is 0 Å². The number of nitrogens with zero attached hydrogens (tertiary/aromatic N) is 1. The molecule has 0 fully saturated rings. The van der Waals surface area contributed by atoms with E-state index in [2.05, 4.69) is 0 Å². The number of hydrogen-bond acceptors (Lipinski definition) is 2. The molecule has 1 aromatic carbocycles. The third kappa shape index (κ3) is 3.94. The van der Waals surface area contributed by atoms with E-state index in [1.807, 2.05) is 0 Å². The molecule has 1 aromatic rings. The van der Waals surface area contributed by atoms with Crippen LogP contribution < -0.4 is 5.73 Å². The molecule has 0 bridgehead atoms. The monoisotopic (exact) mass is 254 g/mol. The fourth-order valence-corrected chi connectivity index (χ4v) is 1.29. The lowest BCUT2D eigenvalue weighted by molar-refractivity contribution is -0.137. The lowest BCUT2D eigenvalue weighted by Gasteiger charge is -2.07. The summed E-state index contributed by atoms with van der Waals surface area (Å²) in [4.78, 5) is 10.5. The number of nitriles is 1. The molecule has 0 aliphatic carbocycles. The molecular weight excluding hydrogens is 245 g/mol. The number of carbonyl (C=O) groups is 1. The fraction of sp³-hybridized carbons (Fsp3) is 0.167. The van der Waals surface area contributed by atoms with Crippen LogP contribution >= 0.6 is 0 Å². The molecule has 2 N–H and O–H groups in total. The standard InChI is InChI=1S/C12H9F3N2O/c13-12(14,15)10-5-8(2-1-3-11(17)18)4-9(6-10)7-16/h1-2,4-6H,3H2,(H2,17,18). The van der Waals surface area contributed by atoms with Crippen molar-refractivity contribution in [2.24, 2.45) is 5.73 Å². The summed E-state index contributed by atoms with van der Waals surface area (Å²) >= 11 is 0. The summed E-state index contributed by atoms with van der Waals surface area (Å²) in [6.45, 7) is 0. The van der Waals surface area contributed by atoms with E-state index in [1.54, 1.807) is 6.07 Å². The van der Waals surface area contributed by atoms with Crippen LogP contribution in [0.4, 0.5) is 13.2 Å². The van der Waals surface area contributed by atoms with E-state index < -0.39 is 17.6 Å². The minimum Gasteiger partial charge on any atom is -0.369 e. The second kappa shape index (κ2) is 5.36. The largest absolute Gasteiger partial charge is 0.416 e. The van der Waals surface area contributed by atoms with Gasteiger partial charge in [-0.3, -0.25) is 4.79 Å². The molecule has 1 amide bonds. The third-order valence-corrected chi connectivity index (χ3v) is 2.04. The summed E-state index contributed by atoms with van der Waals surface area (Å²) < 4.78 is 37.6. The molecule has 0 heterocycles. The maximum Gasteiger partial charge on any atom is 0.416 e. The number of amides is 1. The number of halogens is 3. The maximum atomic E-state index is 12.5. The highest BCUT2D eigenvalue weighted by Crippen LogP contribution is 2.30. The molecule has 0 radical (unpaired) electrons. The minimum atomic E-state index is -4.51. The molecule has 0 saturated heterocycles. The van der Waals surface area contributed by atoms with Crippen molar-refractivity contribution in [3.05, 3.63) is 41.0 Å². The van der Waals surface area contributed by atoms with E-state index in [-0.39, 0.29) is 17.5 Å². The third-order valence-electron chi connectivity index (χ3n) is 2.04. The Morgan fingerprint density at radius 3 is 2.56 bits per heavy atom. The van der Waals surface area contributed by atoms with E-state index in [1.165, 1.54) is 18.2 Å². The van der Waals surface area contributed by atoms with Gasteiger partial charge in [0, 0.05) is 6.42 Å². The van der Waals surface area contributed by atoms with Gasteiger partial charge in [0.2, 0.25) is 5.91 Å². The van der Waals surface area contributed by atoms with Crippen molar-refractivity contribution in [3.8, 4) is 6.07 Å². The number of primary amides is 1. The van der Waals surface area contributed by atoms with Crippen molar-refractivity contribution in [2.45, 2.75) is 12.6 Å². The summed E-state index contributed by atoms with van der Waals surface area (Å²) in [5, 5.41) is 8.65. The van der Waals surface area contributed by atoms with Gasteiger partial charge >= 0.3 is 6.18 Å². The van der Waals surface area contributed by atoms with Gasteiger partial charge in [0.1, 0.15) is 0 Å².